The third-order valence-electron chi connectivity index (χ3n) is 1.88. The van der Waals surface area contributed by atoms with Crippen molar-refractivity contribution in [2.24, 2.45) is 0 Å². The minimum Gasteiger partial charge on any atom is -0.412 e. The lowest BCUT2D eigenvalue weighted by atomic mass is 10.1. The van der Waals surface area contributed by atoms with E-state index in [0.717, 1.165) is 0 Å². The molecule has 0 amide bonds. The molecule has 0 unspecified atom stereocenters. The summed E-state index contributed by atoms with van der Waals surface area (Å²) in [6.07, 6.45) is 0. The van der Waals surface area contributed by atoms with Crippen LogP contribution >= 0.6 is 0 Å². The van der Waals surface area contributed by atoms with Gasteiger partial charge in [0.05, 0.1) is 0 Å². The summed E-state index contributed by atoms with van der Waals surface area (Å²) in [5.74, 6) is 0. The minimum absolute atomic E-state index is 0. The van der Waals surface area contributed by atoms with E-state index in [4.69, 9.17) is 0 Å². The van der Waals surface area contributed by atoms with Crippen LogP contribution < -0.4 is 0 Å². The van der Waals surface area contributed by atoms with Gasteiger partial charge < -0.3 is 5.48 Å². The van der Waals surface area contributed by atoms with E-state index in [1.54, 1.807) is 0 Å². The Hall–Kier alpha value is -0.820. The Morgan fingerprint density at radius 1 is 0.900 bits per heavy atom. The number of hydrogen-bond acceptors (Lipinski definition) is 0. The lowest BCUT2D eigenvalue weighted by Gasteiger charge is -2.00. The topological polar surface area (TPSA) is 31.5 Å². The highest BCUT2D eigenvalue weighted by molar-refractivity contribution is 5.31. The van der Waals surface area contributed by atoms with Gasteiger partial charge in [-0.05, 0) is 37.5 Å². The first-order valence-electron chi connectivity index (χ1n) is 3.24. The fraction of sp³-hybridized carbons (Fsp3) is 0.333. The Morgan fingerprint density at radius 3 is 1.60 bits per heavy atom. The smallest absolute Gasteiger partial charge is 0.0392 e. The molecule has 0 spiro atoms. The third-order valence-corrected chi connectivity index (χ3v) is 1.88. The molecule has 0 aliphatic heterocycles. The van der Waals surface area contributed by atoms with Crippen molar-refractivity contribution < 1.29 is 5.48 Å². The second-order valence-corrected chi connectivity index (χ2v) is 2.52. The Labute approximate surface area is 62.0 Å². The van der Waals surface area contributed by atoms with Gasteiger partial charge in [-0.15, -0.1) is 0 Å². The molecule has 0 bridgehead atoms. The van der Waals surface area contributed by atoms with Crippen molar-refractivity contribution in [1.29, 1.82) is 0 Å². The van der Waals surface area contributed by atoms with E-state index in [1.165, 1.54) is 16.7 Å². The maximum absolute atomic E-state index is 2.16. The van der Waals surface area contributed by atoms with Gasteiger partial charge in [-0.1, -0.05) is 18.2 Å². The van der Waals surface area contributed by atoms with Gasteiger partial charge in [-0.3, -0.25) is 0 Å². The summed E-state index contributed by atoms with van der Waals surface area (Å²) in [5, 5.41) is 0. The van der Waals surface area contributed by atoms with E-state index in [9.17, 15) is 0 Å². The second kappa shape index (κ2) is 3.37. The monoisotopic (exact) mass is 138 g/mol. The van der Waals surface area contributed by atoms with Crippen LogP contribution in [0.15, 0.2) is 18.2 Å². The number of rotatable bonds is 0. The zero-order chi connectivity index (χ0) is 6.85. The molecule has 1 rings (SSSR count). The molecule has 1 aromatic carbocycles. The van der Waals surface area contributed by atoms with Crippen molar-refractivity contribution in [2.45, 2.75) is 20.8 Å². The molecule has 0 saturated carbocycles. The van der Waals surface area contributed by atoms with Crippen LogP contribution in [0.1, 0.15) is 16.7 Å². The lowest BCUT2D eigenvalue weighted by molar-refractivity contribution is 0.824. The molecular weight excluding hydrogens is 124 g/mol. The number of benzene rings is 1. The fourth-order valence-corrected chi connectivity index (χ4v) is 0.898. The Bertz CT molecular complexity index is 196. The second-order valence-electron chi connectivity index (χ2n) is 2.52. The summed E-state index contributed by atoms with van der Waals surface area (Å²) in [7, 11) is 0. The van der Waals surface area contributed by atoms with Crippen LogP contribution in [0.5, 0.6) is 0 Å². The summed E-state index contributed by atoms with van der Waals surface area (Å²) < 4.78 is 0. The fourth-order valence-electron chi connectivity index (χ4n) is 0.898. The molecule has 0 atom stereocenters. The molecule has 0 aliphatic carbocycles. The van der Waals surface area contributed by atoms with E-state index < -0.39 is 0 Å². The van der Waals surface area contributed by atoms with Gasteiger partial charge in [-0.25, -0.2) is 0 Å². The van der Waals surface area contributed by atoms with Gasteiger partial charge in [0.2, 0.25) is 0 Å². The zero-order valence-corrected chi connectivity index (χ0v) is 6.73. The average molecular weight is 138 g/mol. The van der Waals surface area contributed by atoms with E-state index >= 15 is 0 Å². The summed E-state index contributed by atoms with van der Waals surface area (Å²) >= 11 is 0. The van der Waals surface area contributed by atoms with Gasteiger partial charge in [0, 0.05) is 0 Å². The van der Waals surface area contributed by atoms with Gasteiger partial charge in [0.1, 0.15) is 0 Å². The van der Waals surface area contributed by atoms with Crippen LogP contribution in [-0.4, -0.2) is 5.48 Å². The highest BCUT2D eigenvalue weighted by Crippen LogP contribution is 2.09. The Balaban J connectivity index is 0.000000810. The van der Waals surface area contributed by atoms with Crippen LogP contribution in [-0.2, 0) is 0 Å². The molecule has 0 aliphatic rings. The summed E-state index contributed by atoms with van der Waals surface area (Å²) in [6, 6.07) is 6.38. The molecule has 0 fully saturated rings. The zero-order valence-electron chi connectivity index (χ0n) is 6.73. The summed E-state index contributed by atoms with van der Waals surface area (Å²) in [6.45, 7) is 6.44. The molecule has 0 radical (unpaired) electrons. The third kappa shape index (κ3) is 1.58. The molecule has 1 heteroatoms. The first kappa shape index (κ1) is 9.18. The molecule has 56 valence electrons. The van der Waals surface area contributed by atoms with Crippen molar-refractivity contribution in [1.82, 2.24) is 0 Å². The molecular formula is C9H14O. The quantitative estimate of drug-likeness (QED) is 0.523. The highest BCUT2D eigenvalue weighted by atomic mass is 16.0. The van der Waals surface area contributed by atoms with Crippen LogP contribution in [0.2, 0.25) is 0 Å². The molecule has 1 nitrogen and oxygen atoms in total. The van der Waals surface area contributed by atoms with E-state index in [-0.39, 0.29) is 5.48 Å². The molecule has 0 aromatic heterocycles. The molecule has 10 heavy (non-hydrogen) atoms. The number of hydrogen-bond donors (Lipinski definition) is 0. The Morgan fingerprint density at radius 2 is 1.30 bits per heavy atom. The van der Waals surface area contributed by atoms with Crippen LogP contribution in [0.3, 0.4) is 0 Å². The maximum atomic E-state index is 2.16. The first-order valence-corrected chi connectivity index (χ1v) is 3.24. The molecule has 0 saturated heterocycles. The van der Waals surface area contributed by atoms with Crippen molar-refractivity contribution in [3.05, 3.63) is 34.9 Å². The maximum Gasteiger partial charge on any atom is -0.0392 e. The van der Waals surface area contributed by atoms with Gasteiger partial charge in [0.15, 0.2) is 0 Å². The van der Waals surface area contributed by atoms with Crippen LogP contribution in [0.25, 0.3) is 0 Å². The molecule has 2 N–H and O–H groups in total. The predicted octanol–water partition coefficient (Wildman–Crippen LogP) is 1.79. The molecule has 1 aromatic rings. The van der Waals surface area contributed by atoms with E-state index in [1.807, 2.05) is 0 Å². The largest absolute Gasteiger partial charge is 0.412 e. The van der Waals surface area contributed by atoms with Crippen LogP contribution in [0, 0.1) is 20.8 Å². The van der Waals surface area contributed by atoms with Crippen molar-refractivity contribution in [3.63, 3.8) is 0 Å². The van der Waals surface area contributed by atoms with Gasteiger partial charge in [-0.2, -0.15) is 0 Å². The SMILES string of the molecule is Cc1cccc(C)c1C.O. The molecule has 0 heterocycles. The van der Waals surface area contributed by atoms with Crippen molar-refractivity contribution in [3.8, 4) is 0 Å². The standard InChI is InChI=1S/C9H12.H2O/c1-7-5-4-6-8(2)9(7)3;/h4-6H,1-3H3;1H2. The van der Waals surface area contributed by atoms with Gasteiger partial charge in [0.25, 0.3) is 0 Å². The van der Waals surface area contributed by atoms with Crippen LogP contribution in [0.4, 0.5) is 0 Å². The lowest BCUT2D eigenvalue weighted by Crippen LogP contribution is -1.82. The first-order chi connectivity index (χ1) is 4.22. The minimum atomic E-state index is 0. The number of aryl methyl sites for hydroxylation is 2. The van der Waals surface area contributed by atoms with Gasteiger partial charge >= 0.3 is 0 Å². The van der Waals surface area contributed by atoms with E-state index in [2.05, 4.69) is 39.0 Å². The average Bonchev–Trinajstić information content (AvgIpc) is 1.83. The van der Waals surface area contributed by atoms with E-state index in [0.29, 0.717) is 0 Å². The normalized spacial score (nSPS) is 8.70. The van der Waals surface area contributed by atoms with Crippen molar-refractivity contribution >= 4 is 0 Å². The highest BCUT2D eigenvalue weighted by Gasteiger charge is 1.91. The summed E-state index contributed by atoms with van der Waals surface area (Å²) in [5.41, 5.74) is 4.18. The van der Waals surface area contributed by atoms with Crippen molar-refractivity contribution in [2.75, 3.05) is 0 Å². The Kier molecular flexibility index (Phi) is 3.10. The summed E-state index contributed by atoms with van der Waals surface area (Å²) in [4.78, 5) is 0. The predicted molar refractivity (Wildman–Crippen MR) is 44.3 cm³/mol.